The Morgan fingerprint density at radius 3 is 2.85 bits per heavy atom. The van der Waals surface area contributed by atoms with Crippen molar-refractivity contribution in [1.82, 2.24) is 0 Å². The second kappa shape index (κ2) is 5.60. The van der Waals surface area contributed by atoms with Gasteiger partial charge in [0.05, 0.1) is 7.11 Å². The van der Waals surface area contributed by atoms with E-state index >= 15 is 0 Å². The third kappa shape index (κ3) is 1.81. The highest BCUT2D eigenvalue weighted by Gasteiger charge is 2.72. The molecular formula is C23H28O4. The molecule has 2 saturated carbocycles. The minimum absolute atomic E-state index is 0.119. The van der Waals surface area contributed by atoms with Gasteiger partial charge in [0.1, 0.15) is 18.0 Å². The summed E-state index contributed by atoms with van der Waals surface area (Å²) in [5.41, 5.74) is 2.41. The molecule has 1 unspecified atom stereocenters. The van der Waals surface area contributed by atoms with Gasteiger partial charge < -0.3 is 14.2 Å². The summed E-state index contributed by atoms with van der Waals surface area (Å²) in [4.78, 5) is 12.6. The standard InChI is InChI=1S/C23H28O4/c1-5-22-12-16(13(2)24)19(26-4)21-23(22)10-6-7-15(22)11-14-8-9-17(25-3)20(27-21)18(14)23/h5,8-9,15-16,19,21H,1,6-7,10-12H2,2-4H3/t15-,16-,19?,21+,22-,23+/m1/s1. The first-order valence-electron chi connectivity index (χ1n) is 10.1. The molecule has 0 N–H and O–H groups in total. The van der Waals surface area contributed by atoms with Gasteiger partial charge in [0.2, 0.25) is 0 Å². The normalized spacial score (nSPS) is 40.7. The van der Waals surface area contributed by atoms with Crippen LogP contribution >= 0.6 is 0 Å². The molecule has 1 aromatic rings. The molecule has 1 aliphatic heterocycles. The highest BCUT2D eigenvalue weighted by atomic mass is 16.6. The van der Waals surface area contributed by atoms with Crippen molar-refractivity contribution in [3.05, 3.63) is 35.9 Å². The van der Waals surface area contributed by atoms with Gasteiger partial charge in [-0.3, -0.25) is 4.79 Å². The molecule has 4 aliphatic rings. The third-order valence-electron chi connectivity index (χ3n) is 8.16. The summed E-state index contributed by atoms with van der Waals surface area (Å²) in [6, 6.07) is 4.25. The summed E-state index contributed by atoms with van der Waals surface area (Å²) >= 11 is 0. The van der Waals surface area contributed by atoms with Crippen LogP contribution in [0, 0.1) is 17.3 Å². The molecule has 6 atom stereocenters. The van der Waals surface area contributed by atoms with Gasteiger partial charge >= 0.3 is 0 Å². The van der Waals surface area contributed by atoms with E-state index in [1.807, 2.05) is 6.07 Å². The van der Waals surface area contributed by atoms with Gasteiger partial charge in [0, 0.05) is 29.4 Å². The van der Waals surface area contributed by atoms with Crippen LogP contribution < -0.4 is 9.47 Å². The molecule has 4 nitrogen and oxygen atoms in total. The number of Topliss-reactive ketones (excluding diaryl/α,β-unsaturated/α-hetero) is 1. The third-order valence-corrected chi connectivity index (χ3v) is 8.16. The van der Waals surface area contributed by atoms with E-state index in [2.05, 4.69) is 18.7 Å². The Morgan fingerprint density at radius 2 is 2.19 bits per heavy atom. The summed E-state index contributed by atoms with van der Waals surface area (Å²) in [5, 5.41) is 0. The highest BCUT2D eigenvalue weighted by Crippen LogP contribution is 2.72. The van der Waals surface area contributed by atoms with Crippen molar-refractivity contribution in [2.75, 3.05) is 14.2 Å². The molecule has 2 fully saturated rings. The largest absolute Gasteiger partial charge is 0.493 e. The van der Waals surface area contributed by atoms with Crippen LogP contribution in [-0.2, 0) is 21.4 Å². The monoisotopic (exact) mass is 368 g/mol. The van der Waals surface area contributed by atoms with Crippen LogP contribution in [0.1, 0.15) is 43.7 Å². The van der Waals surface area contributed by atoms with E-state index in [9.17, 15) is 4.79 Å². The highest BCUT2D eigenvalue weighted by molar-refractivity contribution is 5.80. The van der Waals surface area contributed by atoms with Gasteiger partial charge in [-0.2, -0.15) is 0 Å². The Hall–Kier alpha value is -1.81. The fourth-order valence-corrected chi connectivity index (χ4v) is 7.19. The van der Waals surface area contributed by atoms with E-state index in [0.29, 0.717) is 5.92 Å². The Morgan fingerprint density at radius 1 is 1.37 bits per heavy atom. The Bertz CT molecular complexity index is 830. The Balaban J connectivity index is 1.83. The van der Waals surface area contributed by atoms with Crippen LogP contribution in [0.5, 0.6) is 11.5 Å². The molecule has 1 aromatic carbocycles. The molecule has 0 radical (unpaired) electrons. The van der Waals surface area contributed by atoms with Crippen molar-refractivity contribution in [3.8, 4) is 11.5 Å². The molecule has 2 bridgehead atoms. The lowest BCUT2D eigenvalue weighted by Crippen LogP contribution is -2.68. The number of ether oxygens (including phenoxy) is 3. The maximum Gasteiger partial charge on any atom is 0.165 e. The lowest BCUT2D eigenvalue weighted by Gasteiger charge is -2.64. The van der Waals surface area contributed by atoms with Crippen LogP contribution in [0.15, 0.2) is 24.8 Å². The minimum atomic E-state index is -0.239. The van der Waals surface area contributed by atoms with E-state index in [-0.39, 0.29) is 34.7 Å². The first-order valence-corrected chi connectivity index (χ1v) is 10.1. The summed E-state index contributed by atoms with van der Waals surface area (Å²) < 4.78 is 18.3. The Labute approximate surface area is 160 Å². The van der Waals surface area contributed by atoms with Gasteiger partial charge in [-0.25, -0.2) is 0 Å². The number of carbonyl (C=O) groups excluding carboxylic acids is 1. The summed E-state index contributed by atoms with van der Waals surface area (Å²) in [6.45, 7) is 6.01. The van der Waals surface area contributed by atoms with Crippen LogP contribution in [0.25, 0.3) is 0 Å². The van der Waals surface area contributed by atoms with Crippen molar-refractivity contribution in [2.45, 2.75) is 56.7 Å². The molecule has 0 aromatic heterocycles. The minimum Gasteiger partial charge on any atom is -0.493 e. The number of rotatable bonds is 4. The smallest absolute Gasteiger partial charge is 0.165 e. The zero-order valence-corrected chi connectivity index (χ0v) is 16.4. The number of hydrogen-bond acceptors (Lipinski definition) is 4. The van der Waals surface area contributed by atoms with Crippen molar-refractivity contribution >= 4 is 5.78 Å². The van der Waals surface area contributed by atoms with Crippen molar-refractivity contribution in [1.29, 1.82) is 0 Å². The number of hydrogen-bond donors (Lipinski definition) is 0. The first kappa shape index (κ1) is 17.3. The molecule has 1 spiro atoms. The molecule has 0 saturated heterocycles. The average Bonchev–Trinajstić information content (AvgIpc) is 3.00. The summed E-state index contributed by atoms with van der Waals surface area (Å²) in [7, 11) is 3.41. The zero-order chi connectivity index (χ0) is 19.0. The fourth-order valence-electron chi connectivity index (χ4n) is 7.19. The molecule has 1 heterocycles. The number of methoxy groups -OCH3 is 2. The van der Waals surface area contributed by atoms with Crippen molar-refractivity contribution in [3.63, 3.8) is 0 Å². The lowest BCUT2D eigenvalue weighted by atomic mass is 9.39. The number of benzene rings is 1. The predicted molar refractivity (Wildman–Crippen MR) is 102 cm³/mol. The second-order valence-electron chi connectivity index (χ2n) is 8.80. The quantitative estimate of drug-likeness (QED) is 0.758. The van der Waals surface area contributed by atoms with Gasteiger partial charge in [-0.1, -0.05) is 18.6 Å². The molecular weight excluding hydrogens is 340 g/mol. The zero-order valence-electron chi connectivity index (χ0n) is 16.4. The number of carbonyl (C=O) groups is 1. The molecule has 3 aliphatic carbocycles. The van der Waals surface area contributed by atoms with Gasteiger partial charge in [0.15, 0.2) is 11.5 Å². The van der Waals surface area contributed by atoms with Gasteiger partial charge in [-0.05, 0) is 50.2 Å². The summed E-state index contributed by atoms with van der Waals surface area (Å²) in [5.74, 6) is 2.19. The molecule has 144 valence electrons. The van der Waals surface area contributed by atoms with Crippen molar-refractivity contribution < 1.29 is 19.0 Å². The molecule has 0 amide bonds. The van der Waals surface area contributed by atoms with E-state index in [0.717, 1.165) is 30.8 Å². The van der Waals surface area contributed by atoms with E-state index in [1.165, 1.54) is 24.0 Å². The number of allylic oxidation sites excluding steroid dienone is 1. The number of ketones is 1. The van der Waals surface area contributed by atoms with Gasteiger partial charge in [0.25, 0.3) is 0 Å². The maximum absolute atomic E-state index is 12.6. The molecule has 27 heavy (non-hydrogen) atoms. The lowest BCUT2D eigenvalue weighted by molar-refractivity contribution is -0.167. The van der Waals surface area contributed by atoms with E-state index < -0.39 is 0 Å². The summed E-state index contributed by atoms with van der Waals surface area (Å²) in [6.07, 6.45) is 7.02. The van der Waals surface area contributed by atoms with Crippen molar-refractivity contribution in [2.24, 2.45) is 17.3 Å². The van der Waals surface area contributed by atoms with Crippen LogP contribution in [-0.4, -0.2) is 32.2 Å². The van der Waals surface area contributed by atoms with Crippen LogP contribution in [0.3, 0.4) is 0 Å². The van der Waals surface area contributed by atoms with E-state index in [4.69, 9.17) is 14.2 Å². The SMILES string of the molecule is C=C[C@]12C[C@H](C(C)=O)C(OC)[C@@H]3Oc4c(OC)ccc5c4[C@@]31CCC[C@@H]2C5. The second-order valence-corrected chi connectivity index (χ2v) is 8.80. The topological polar surface area (TPSA) is 44.8 Å². The Kier molecular flexibility index (Phi) is 3.59. The first-order chi connectivity index (χ1) is 13.0. The maximum atomic E-state index is 12.6. The van der Waals surface area contributed by atoms with E-state index in [1.54, 1.807) is 21.1 Å². The van der Waals surface area contributed by atoms with Crippen LogP contribution in [0.2, 0.25) is 0 Å². The predicted octanol–water partition coefficient (Wildman–Crippen LogP) is 3.85. The molecule has 5 rings (SSSR count). The molecule has 4 heteroatoms. The van der Waals surface area contributed by atoms with Gasteiger partial charge in [-0.15, -0.1) is 6.58 Å². The fraction of sp³-hybridized carbons (Fsp3) is 0.609. The van der Waals surface area contributed by atoms with Crippen LogP contribution in [0.4, 0.5) is 0 Å². The average molecular weight is 368 g/mol.